The molecular weight excluding hydrogens is 307 g/mol. The van der Waals surface area contributed by atoms with Crippen LogP contribution in [-0.4, -0.2) is 33.6 Å². The van der Waals surface area contributed by atoms with Gasteiger partial charge in [0.2, 0.25) is 0 Å². The number of carbonyl (C=O) groups is 1. The highest BCUT2D eigenvalue weighted by Gasteiger charge is 2.27. The van der Waals surface area contributed by atoms with E-state index < -0.39 is 5.82 Å². The van der Waals surface area contributed by atoms with Crippen LogP contribution >= 0.6 is 0 Å². The molecule has 0 spiro atoms. The molecule has 1 aliphatic rings. The third-order valence-electron chi connectivity index (χ3n) is 4.70. The van der Waals surface area contributed by atoms with E-state index in [9.17, 15) is 9.18 Å². The van der Waals surface area contributed by atoms with Gasteiger partial charge in [0.1, 0.15) is 18.0 Å². The van der Waals surface area contributed by atoms with Crippen LogP contribution in [-0.2, 0) is 0 Å². The second-order valence-corrected chi connectivity index (χ2v) is 6.64. The molecule has 0 atom stereocenters. The summed E-state index contributed by atoms with van der Waals surface area (Å²) in [4.78, 5) is 13.9. The average molecular weight is 330 g/mol. The molecule has 128 valence electrons. The van der Waals surface area contributed by atoms with E-state index in [1.165, 1.54) is 13.0 Å². The number of carbonyl (C=O) groups excluding carboxylic acids is 1. The standard InChI is InChI=1S/C18H23FN4O/c1-12(2)23-11-20-21-18(23)14-7-9-22(10-8-14)16-6-4-5-15(19)17(16)13(3)24/h4-6,11-12,14H,7-10H2,1-3H3. The normalized spacial score (nSPS) is 16.0. The SMILES string of the molecule is CC(=O)c1c(F)cccc1N1CCC(c2nncn2C(C)C)CC1. The molecule has 2 heterocycles. The van der Waals surface area contributed by atoms with E-state index in [4.69, 9.17) is 0 Å². The Labute approximate surface area is 141 Å². The Morgan fingerprint density at radius 2 is 2.00 bits per heavy atom. The summed E-state index contributed by atoms with van der Waals surface area (Å²) in [7, 11) is 0. The zero-order chi connectivity index (χ0) is 17.3. The van der Waals surface area contributed by atoms with E-state index >= 15 is 0 Å². The van der Waals surface area contributed by atoms with E-state index in [1.807, 2.05) is 6.07 Å². The first-order chi connectivity index (χ1) is 11.5. The molecule has 1 aromatic carbocycles. The van der Waals surface area contributed by atoms with Gasteiger partial charge in [-0.3, -0.25) is 4.79 Å². The molecule has 1 aliphatic heterocycles. The number of benzene rings is 1. The van der Waals surface area contributed by atoms with Crippen molar-refractivity contribution in [2.45, 2.75) is 45.6 Å². The van der Waals surface area contributed by atoms with Crippen molar-refractivity contribution in [2.75, 3.05) is 18.0 Å². The van der Waals surface area contributed by atoms with E-state index in [0.717, 1.165) is 31.8 Å². The molecule has 0 N–H and O–H groups in total. The van der Waals surface area contributed by atoms with E-state index in [0.29, 0.717) is 17.6 Å². The average Bonchev–Trinajstić information content (AvgIpc) is 3.04. The van der Waals surface area contributed by atoms with Crippen molar-refractivity contribution in [3.8, 4) is 0 Å². The lowest BCUT2D eigenvalue weighted by molar-refractivity contribution is 0.101. The van der Waals surface area contributed by atoms with Gasteiger partial charge in [-0.15, -0.1) is 10.2 Å². The zero-order valence-corrected chi connectivity index (χ0v) is 14.4. The summed E-state index contributed by atoms with van der Waals surface area (Å²) in [6.07, 6.45) is 3.62. The molecule has 0 saturated carbocycles. The van der Waals surface area contributed by atoms with E-state index in [-0.39, 0.29) is 11.3 Å². The van der Waals surface area contributed by atoms with Gasteiger partial charge in [0, 0.05) is 25.0 Å². The van der Waals surface area contributed by atoms with Crippen LogP contribution in [0.25, 0.3) is 0 Å². The van der Waals surface area contributed by atoms with Gasteiger partial charge in [0.15, 0.2) is 5.78 Å². The molecule has 3 rings (SSSR count). The fourth-order valence-electron chi connectivity index (χ4n) is 3.45. The van der Waals surface area contributed by atoms with Crippen LogP contribution in [0, 0.1) is 5.82 Å². The van der Waals surface area contributed by atoms with Gasteiger partial charge in [-0.2, -0.15) is 0 Å². The fourth-order valence-corrected chi connectivity index (χ4v) is 3.45. The molecule has 1 fully saturated rings. The molecular formula is C18H23FN4O. The topological polar surface area (TPSA) is 51.0 Å². The molecule has 1 aromatic heterocycles. The Hall–Kier alpha value is -2.24. The molecule has 0 unspecified atom stereocenters. The maximum atomic E-state index is 14.0. The molecule has 0 amide bonds. The van der Waals surface area contributed by atoms with Crippen molar-refractivity contribution < 1.29 is 9.18 Å². The summed E-state index contributed by atoms with van der Waals surface area (Å²) < 4.78 is 16.1. The largest absolute Gasteiger partial charge is 0.371 e. The van der Waals surface area contributed by atoms with Crippen molar-refractivity contribution in [1.82, 2.24) is 14.8 Å². The lowest BCUT2D eigenvalue weighted by atomic mass is 9.94. The molecule has 2 aromatic rings. The quantitative estimate of drug-likeness (QED) is 0.804. The number of halogens is 1. The zero-order valence-electron chi connectivity index (χ0n) is 14.4. The highest BCUT2D eigenvalue weighted by atomic mass is 19.1. The Kier molecular flexibility index (Phi) is 4.64. The monoisotopic (exact) mass is 330 g/mol. The maximum absolute atomic E-state index is 14.0. The van der Waals surface area contributed by atoms with Crippen molar-refractivity contribution >= 4 is 11.5 Å². The summed E-state index contributed by atoms with van der Waals surface area (Å²) >= 11 is 0. The predicted octanol–water partition coefficient (Wildman–Crippen LogP) is 3.58. The molecule has 0 aliphatic carbocycles. The Balaban J connectivity index is 1.78. The Morgan fingerprint density at radius 3 is 2.62 bits per heavy atom. The molecule has 0 radical (unpaired) electrons. The molecule has 24 heavy (non-hydrogen) atoms. The maximum Gasteiger partial charge on any atom is 0.164 e. The van der Waals surface area contributed by atoms with Crippen LogP contribution in [0.1, 0.15) is 61.8 Å². The van der Waals surface area contributed by atoms with Crippen LogP contribution in [0.3, 0.4) is 0 Å². The third-order valence-corrected chi connectivity index (χ3v) is 4.70. The van der Waals surface area contributed by atoms with Crippen molar-refractivity contribution in [1.29, 1.82) is 0 Å². The predicted molar refractivity (Wildman–Crippen MR) is 91.0 cm³/mol. The highest BCUT2D eigenvalue weighted by molar-refractivity contribution is 6.00. The number of hydrogen-bond donors (Lipinski definition) is 0. The number of ketones is 1. The third kappa shape index (κ3) is 3.05. The second-order valence-electron chi connectivity index (χ2n) is 6.64. The minimum atomic E-state index is -0.443. The van der Waals surface area contributed by atoms with Crippen LogP contribution in [0.15, 0.2) is 24.5 Å². The van der Waals surface area contributed by atoms with Crippen LogP contribution in [0.4, 0.5) is 10.1 Å². The van der Waals surface area contributed by atoms with Crippen LogP contribution in [0.2, 0.25) is 0 Å². The minimum Gasteiger partial charge on any atom is -0.371 e. The molecule has 1 saturated heterocycles. The van der Waals surface area contributed by atoms with E-state index in [2.05, 4.69) is 33.5 Å². The van der Waals surface area contributed by atoms with Crippen LogP contribution in [0.5, 0.6) is 0 Å². The van der Waals surface area contributed by atoms with Gasteiger partial charge < -0.3 is 9.47 Å². The van der Waals surface area contributed by atoms with Gasteiger partial charge in [-0.05, 0) is 45.7 Å². The highest BCUT2D eigenvalue weighted by Crippen LogP contribution is 2.32. The number of nitrogens with zero attached hydrogens (tertiary/aromatic N) is 4. The number of hydrogen-bond acceptors (Lipinski definition) is 4. The van der Waals surface area contributed by atoms with Gasteiger partial charge in [-0.25, -0.2) is 4.39 Å². The molecule has 6 heteroatoms. The number of rotatable bonds is 4. The summed E-state index contributed by atoms with van der Waals surface area (Å²) in [5.74, 6) is 0.697. The lowest BCUT2D eigenvalue weighted by Crippen LogP contribution is -2.35. The molecule has 0 bridgehead atoms. The van der Waals surface area contributed by atoms with Crippen LogP contribution < -0.4 is 4.90 Å². The van der Waals surface area contributed by atoms with Gasteiger partial charge >= 0.3 is 0 Å². The Morgan fingerprint density at radius 1 is 1.29 bits per heavy atom. The van der Waals surface area contributed by atoms with E-state index in [1.54, 1.807) is 12.4 Å². The first-order valence-corrected chi connectivity index (χ1v) is 8.42. The number of anilines is 1. The van der Waals surface area contributed by atoms with Gasteiger partial charge in [0.25, 0.3) is 0 Å². The first-order valence-electron chi connectivity index (χ1n) is 8.42. The first kappa shape index (κ1) is 16.6. The number of Topliss-reactive ketones (excluding diaryl/α,β-unsaturated/α-hetero) is 1. The smallest absolute Gasteiger partial charge is 0.164 e. The van der Waals surface area contributed by atoms with Crippen molar-refractivity contribution in [3.05, 3.63) is 41.7 Å². The summed E-state index contributed by atoms with van der Waals surface area (Å²) in [5.41, 5.74) is 0.896. The summed E-state index contributed by atoms with van der Waals surface area (Å²) in [6, 6.07) is 5.17. The summed E-state index contributed by atoms with van der Waals surface area (Å²) in [6.45, 7) is 7.21. The lowest BCUT2D eigenvalue weighted by Gasteiger charge is -2.34. The number of aromatic nitrogens is 3. The fraction of sp³-hybridized carbons (Fsp3) is 0.500. The van der Waals surface area contributed by atoms with Crippen molar-refractivity contribution in [2.24, 2.45) is 0 Å². The van der Waals surface area contributed by atoms with Crippen molar-refractivity contribution in [3.63, 3.8) is 0 Å². The Bertz CT molecular complexity index is 732. The molecule has 5 nitrogen and oxygen atoms in total. The van der Waals surface area contributed by atoms with Gasteiger partial charge in [-0.1, -0.05) is 6.07 Å². The summed E-state index contributed by atoms with van der Waals surface area (Å²) in [5, 5.41) is 8.35. The number of piperidine rings is 1. The van der Waals surface area contributed by atoms with Gasteiger partial charge in [0.05, 0.1) is 11.3 Å². The second kappa shape index (κ2) is 6.71. The minimum absolute atomic E-state index is 0.196.